The number of rotatable bonds is 1. The monoisotopic (exact) mass is 388 g/mol. The fraction of sp³-hybridized carbons (Fsp3) is 0.864. The zero-order valence-corrected chi connectivity index (χ0v) is 17.6. The number of carbonyl (C=O) groups excluding carboxylic acids is 1. The van der Waals surface area contributed by atoms with Crippen LogP contribution in [0, 0.1) is 34.5 Å². The highest BCUT2D eigenvalue weighted by Gasteiger charge is 2.69. The number of hydrogen-bond acceptors (Lipinski definition) is 4. The maximum atomic E-state index is 12.4. The van der Waals surface area contributed by atoms with E-state index in [-0.39, 0.29) is 12.1 Å². The number of hydrogen-bond donors (Lipinski definition) is 0. The van der Waals surface area contributed by atoms with E-state index >= 15 is 0 Å². The molecule has 3 aliphatic heterocycles. The van der Waals surface area contributed by atoms with Gasteiger partial charge in [-0.15, -0.1) is 0 Å². The molecule has 8 unspecified atom stereocenters. The molecular formula is C22H32N2O2S. The first-order chi connectivity index (χ1) is 12.9. The van der Waals surface area contributed by atoms with Gasteiger partial charge in [-0.1, -0.05) is 37.9 Å². The molecule has 27 heavy (non-hydrogen) atoms. The van der Waals surface area contributed by atoms with Crippen LogP contribution >= 0.6 is 11.9 Å². The Labute approximate surface area is 167 Å². The van der Waals surface area contributed by atoms with E-state index in [1.54, 1.807) is 0 Å². The number of methoxy groups -OCH3 is 1. The zero-order valence-electron chi connectivity index (χ0n) is 16.8. The highest BCUT2D eigenvalue weighted by Crippen LogP contribution is 2.69. The first-order valence-electron chi connectivity index (χ1n) is 10.9. The molecule has 0 aromatic heterocycles. The van der Waals surface area contributed by atoms with Crippen molar-refractivity contribution in [1.82, 2.24) is 9.21 Å². The highest BCUT2D eigenvalue weighted by molar-refractivity contribution is 7.97. The Morgan fingerprint density at radius 1 is 1.26 bits per heavy atom. The van der Waals surface area contributed by atoms with Crippen LogP contribution in [0.4, 0.5) is 4.79 Å². The average molecular weight is 389 g/mol. The fourth-order valence-corrected chi connectivity index (χ4v) is 9.97. The lowest BCUT2D eigenvalue weighted by atomic mass is 9.47. The minimum Gasteiger partial charge on any atom is -0.453 e. The summed E-state index contributed by atoms with van der Waals surface area (Å²) < 4.78 is 7.98. The van der Waals surface area contributed by atoms with Crippen molar-refractivity contribution in [3.8, 4) is 0 Å². The minimum absolute atomic E-state index is 0.135. The van der Waals surface area contributed by atoms with Gasteiger partial charge in [0.1, 0.15) is 0 Å². The van der Waals surface area contributed by atoms with Gasteiger partial charge in [0.25, 0.3) is 0 Å². The molecule has 8 aliphatic rings. The summed E-state index contributed by atoms with van der Waals surface area (Å²) in [6.07, 6.45) is 11.5. The van der Waals surface area contributed by atoms with E-state index in [0.29, 0.717) is 28.7 Å². The third-order valence-electron chi connectivity index (χ3n) is 9.35. The Morgan fingerprint density at radius 2 is 2.11 bits per heavy atom. The summed E-state index contributed by atoms with van der Waals surface area (Å²) in [6, 6.07) is 1.67. The Morgan fingerprint density at radius 3 is 2.89 bits per heavy atom. The second-order valence-electron chi connectivity index (χ2n) is 10.8. The topological polar surface area (TPSA) is 32.8 Å². The second kappa shape index (κ2) is 5.47. The normalized spacial score (nSPS) is 51.7. The largest absolute Gasteiger partial charge is 0.453 e. The van der Waals surface area contributed by atoms with Gasteiger partial charge in [-0.2, -0.15) is 0 Å². The maximum absolute atomic E-state index is 12.4. The molecule has 8 atom stereocenters. The van der Waals surface area contributed by atoms with Crippen molar-refractivity contribution in [2.45, 2.75) is 64.1 Å². The second-order valence-corrected chi connectivity index (χ2v) is 11.7. The third-order valence-corrected chi connectivity index (χ3v) is 10.8. The minimum atomic E-state index is -0.135. The van der Waals surface area contributed by atoms with Gasteiger partial charge in [-0.05, 0) is 55.3 Å². The molecule has 1 amide bonds. The lowest BCUT2D eigenvalue weighted by molar-refractivity contribution is -0.0891. The highest BCUT2D eigenvalue weighted by atomic mass is 32.2. The van der Waals surface area contributed by atoms with E-state index in [2.05, 4.69) is 42.3 Å². The molecule has 1 spiro atoms. The molecule has 2 saturated heterocycles. The molecule has 4 bridgehead atoms. The quantitative estimate of drug-likeness (QED) is 0.498. The van der Waals surface area contributed by atoms with Gasteiger partial charge in [0.05, 0.1) is 13.2 Å². The summed E-state index contributed by atoms with van der Waals surface area (Å²) in [4.78, 5) is 14.4. The summed E-state index contributed by atoms with van der Waals surface area (Å²) >= 11 is 2.16. The summed E-state index contributed by atoms with van der Waals surface area (Å²) in [5, 5.41) is 0. The van der Waals surface area contributed by atoms with Crippen LogP contribution in [0.5, 0.6) is 0 Å². The van der Waals surface area contributed by atoms with Crippen molar-refractivity contribution < 1.29 is 9.53 Å². The molecule has 5 aliphatic carbocycles. The first-order valence-corrected chi connectivity index (χ1v) is 11.8. The smallest absolute Gasteiger partial charge is 0.410 e. The van der Waals surface area contributed by atoms with Gasteiger partial charge < -0.3 is 9.64 Å². The zero-order chi connectivity index (χ0) is 18.6. The van der Waals surface area contributed by atoms with E-state index in [1.165, 1.54) is 45.0 Å². The van der Waals surface area contributed by atoms with E-state index in [1.807, 2.05) is 4.90 Å². The van der Waals surface area contributed by atoms with Crippen molar-refractivity contribution in [2.75, 3.05) is 19.4 Å². The molecule has 6 fully saturated rings. The van der Waals surface area contributed by atoms with E-state index in [0.717, 1.165) is 24.4 Å². The predicted molar refractivity (Wildman–Crippen MR) is 107 cm³/mol. The van der Waals surface area contributed by atoms with Crippen molar-refractivity contribution in [1.29, 1.82) is 0 Å². The Bertz CT molecular complexity index is 708. The van der Waals surface area contributed by atoms with Gasteiger partial charge in [0.2, 0.25) is 0 Å². The van der Waals surface area contributed by atoms with Crippen LogP contribution in [0.25, 0.3) is 0 Å². The molecule has 3 heterocycles. The lowest BCUT2D eigenvalue weighted by Crippen LogP contribution is -2.58. The number of fused-ring (bicyclic) bond motifs is 3. The fourth-order valence-electron chi connectivity index (χ4n) is 7.93. The number of ether oxygens (including phenoxy) is 1. The molecule has 0 aromatic rings. The molecule has 8 rings (SSSR count). The van der Waals surface area contributed by atoms with Gasteiger partial charge >= 0.3 is 6.09 Å². The summed E-state index contributed by atoms with van der Waals surface area (Å²) in [7, 11) is 1.52. The SMILES string of the molecule is COC(=O)N1CC2C=CC1C1C(C2)C1N1SCC23CCC(CC12)CC3(C)C. The van der Waals surface area contributed by atoms with Crippen LogP contribution in [0.15, 0.2) is 12.2 Å². The third kappa shape index (κ3) is 2.13. The first kappa shape index (κ1) is 17.2. The summed E-state index contributed by atoms with van der Waals surface area (Å²) in [5.74, 6) is 4.13. The molecule has 0 radical (unpaired) electrons. The molecule has 5 heteroatoms. The van der Waals surface area contributed by atoms with Crippen LogP contribution in [0.1, 0.15) is 46.0 Å². The molecule has 148 valence electrons. The Hall–Kier alpha value is -0.680. The Kier molecular flexibility index (Phi) is 3.49. The van der Waals surface area contributed by atoms with Crippen LogP contribution in [-0.4, -0.2) is 52.8 Å². The van der Waals surface area contributed by atoms with Crippen molar-refractivity contribution in [2.24, 2.45) is 34.5 Å². The predicted octanol–water partition coefficient (Wildman–Crippen LogP) is 4.18. The number of amides is 1. The maximum Gasteiger partial charge on any atom is 0.410 e. The molecule has 4 nitrogen and oxygen atoms in total. The van der Waals surface area contributed by atoms with Crippen LogP contribution in [-0.2, 0) is 4.74 Å². The van der Waals surface area contributed by atoms with Gasteiger partial charge in [0.15, 0.2) is 0 Å². The van der Waals surface area contributed by atoms with Crippen LogP contribution in [0.2, 0.25) is 0 Å². The molecular weight excluding hydrogens is 356 g/mol. The van der Waals surface area contributed by atoms with Crippen LogP contribution < -0.4 is 0 Å². The number of carbonyl (C=O) groups is 1. The molecule has 0 aromatic carbocycles. The van der Waals surface area contributed by atoms with E-state index in [9.17, 15) is 4.79 Å². The van der Waals surface area contributed by atoms with Crippen LogP contribution in [0.3, 0.4) is 0 Å². The summed E-state index contributed by atoms with van der Waals surface area (Å²) in [5.41, 5.74) is 1.000. The lowest BCUT2D eigenvalue weighted by Gasteiger charge is -2.59. The standard InChI is InChI=1S/C22H32N2O2S/c1-21(2)10-13-6-7-22(21)12-27-24(17(22)9-13)19-15-8-14-4-5-16(18(15)19)23(11-14)20(25)26-3/h4-5,13-19H,6-12H2,1-3H3. The van der Waals surface area contributed by atoms with Crippen molar-refractivity contribution >= 4 is 18.0 Å². The van der Waals surface area contributed by atoms with E-state index in [4.69, 9.17) is 4.74 Å². The Balaban J connectivity index is 1.29. The molecule has 4 saturated carbocycles. The van der Waals surface area contributed by atoms with Gasteiger partial charge in [-0.3, -0.25) is 0 Å². The van der Waals surface area contributed by atoms with Gasteiger partial charge in [0, 0.05) is 35.7 Å². The number of nitrogens with zero attached hydrogens (tertiary/aromatic N) is 2. The average Bonchev–Trinajstić information content (AvgIpc) is 3.28. The summed E-state index contributed by atoms with van der Waals surface area (Å²) in [6.45, 7) is 5.94. The van der Waals surface area contributed by atoms with Crippen molar-refractivity contribution in [3.63, 3.8) is 0 Å². The van der Waals surface area contributed by atoms with Crippen molar-refractivity contribution in [3.05, 3.63) is 12.2 Å². The van der Waals surface area contributed by atoms with E-state index < -0.39 is 0 Å². The molecule has 0 N–H and O–H groups in total. The van der Waals surface area contributed by atoms with Gasteiger partial charge in [-0.25, -0.2) is 9.10 Å².